The Morgan fingerprint density at radius 2 is 2.27 bits per heavy atom. The Morgan fingerprint density at radius 3 is 2.93 bits per heavy atom. The SMILES string of the molecule is Cc1ccc(OCCNC2CC2)c(Br)c1. The summed E-state index contributed by atoms with van der Waals surface area (Å²) < 4.78 is 6.70. The van der Waals surface area contributed by atoms with Gasteiger partial charge in [-0.2, -0.15) is 0 Å². The van der Waals surface area contributed by atoms with E-state index in [-0.39, 0.29) is 0 Å². The smallest absolute Gasteiger partial charge is 0.133 e. The van der Waals surface area contributed by atoms with Gasteiger partial charge in [0.2, 0.25) is 0 Å². The van der Waals surface area contributed by atoms with E-state index in [4.69, 9.17) is 4.74 Å². The maximum Gasteiger partial charge on any atom is 0.133 e. The van der Waals surface area contributed by atoms with E-state index in [1.54, 1.807) is 0 Å². The third kappa shape index (κ3) is 3.50. The number of hydrogen-bond donors (Lipinski definition) is 1. The van der Waals surface area contributed by atoms with E-state index in [0.29, 0.717) is 0 Å². The zero-order valence-electron chi connectivity index (χ0n) is 8.92. The summed E-state index contributed by atoms with van der Waals surface area (Å²) in [7, 11) is 0. The summed E-state index contributed by atoms with van der Waals surface area (Å²) in [5.74, 6) is 0.929. The molecule has 1 aliphatic carbocycles. The van der Waals surface area contributed by atoms with Gasteiger partial charge in [-0.1, -0.05) is 6.07 Å². The van der Waals surface area contributed by atoms with Crippen LogP contribution < -0.4 is 10.1 Å². The molecule has 3 heteroatoms. The highest BCUT2D eigenvalue weighted by Crippen LogP contribution is 2.25. The highest BCUT2D eigenvalue weighted by Gasteiger charge is 2.19. The highest BCUT2D eigenvalue weighted by atomic mass is 79.9. The fraction of sp³-hybridized carbons (Fsp3) is 0.500. The summed E-state index contributed by atoms with van der Waals surface area (Å²) in [6.45, 7) is 3.74. The van der Waals surface area contributed by atoms with Crippen molar-refractivity contribution in [3.63, 3.8) is 0 Å². The molecule has 0 saturated heterocycles. The molecule has 1 fully saturated rings. The minimum Gasteiger partial charge on any atom is -0.491 e. The van der Waals surface area contributed by atoms with Gasteiger partial charge in [0.25, 0.3) is 0 Å². The zero-order valence-corrected chi connectivity index (χ0v) is 10.5. The van der Waals surface area contributed by atoms with Gasteiger partial charge in [-0.25, -0.2) is 0 Å². The Hall–Kier alpha value is -0.540. The summed E-state index contributed by atoms with van der Waals surface area (Å²) in [6, 6.07) is 6.91. The predicted octanol–water partition coefficient (Wildman–Crippen LogP) is 2.89. The maximum absolute atomic E-state index is 5.66. The molecule has 1 saturated carbocycles. The molecule has 0 atom stereocenters. The van der Waals surface area contributed by atoms with Crippen molar-refractivity contribution in [2.45, 2.75) is 25.8 Å². The molecule has 0 radical (unpaired) electrons. The fourth-order valence-corrected chi connectivity index (χ4v) is 2.04. The van der Waals surface area contributed by atoms with E-state index < -0.39 is 0 Å². The Morgan fingerprint density at radius 1 is 1.47 bits per heavy atom. The molecule has 1 aliphatic rings. The van der Waals surface area contributed by atoms with Crippen molar-refractivity contribution in [2.75, 3.05) is 13.2 Å². The van der Waals surface area contributed by atoms with Crippen LogP contribution in [0.25, 0.3) is 0 Å². The van der Waals surface area contributed by atoms with Crippen LogP contribution in [0.4, 0.5) is 0 Å². The van der Waals surface area contributed by atoms with Crippen LogP contribution in [0.15, 0.2) is 22.7 Å². The lowest BCUT2D eigenvalue weighted by molar-refractivity contribution is 0.311. The van der Waals surface area contributed by atoms with E-state index in [1.807, 2.05) is 6.07 Å². The van der Waals surface area contributed by atoms with E-state index in [1.165, 1.54) is 18.4 Å². The third-order valence-electron chi connectivity index (χ3n) is 2.46. The topological polar surface area (TPSA) is 21.3 Å². The van der Waals surface area contributed by atoms with Gasteiger partial charge in [-0.05, 0) is 53.4 Å². The predicted molar refractivity (Wildman–Crippen MR) is 65.4 cm³/mol. The minimum absolute atomic E-state index is 0.734. The van der Waals surface area contributed by atoms with Crippen molar-refractivity contribution in [2.24, 2.45) is 0 Å². The molecule has 1 aromatic carbocycles. The van der Waals surface area contributed by atoms with E-state index in [9.17, 15) is 0 Å². The van der Waals surface area contributed by atoms with Crippen LogP contribution in [0.5, 0.6) is 5.75 Å². The third-order valence-corrected chi connectivity index (χ3v) is 3.08. The summed E-state index contributed by atoms with van der Waals surface area (Å²) in [4.78, 5) is 0. The second-order valence-corrected chi connectivity index (χ2v) is 4.87. The Kier molecular flexibility index (Phi) is 3.65. The van der Waals surface area contributed by atoms with Gasteiger partial charge in [0.15, 0.2) is 0 Å². The number of benzene rings is 1. The first-order valence-electron chi connectivity index (χ1n) is 5.38. The van der Waals surface area contributed by atoms with Crippen LogP contribution in [0.2, 0.25) is 0 Å². The quantitative estimate of drug-likeness (QED) is 0.831. The summed E-state index contributed by atoms with van der Waals surface area (Å²) in [5.41, 5.74) is 1.24. The van der Waals surface area contributed by atoms with Crippen molar-refractivity contribution in [3.8, 4) is 5.75 Å². The summed E-state index contributed by atoms with van der Waals surface area (Å²) in [5, 5.41) is 3.42. The lowest BCUT2D eigenvalue weighted by Gasteiger charge is -2.09. The van der Waals surface area contributed by atoms with Crippen molar-refractivity contribution in [1.29, 1.82) is 0 Å². The lowest BCUT2D eigenvalue weighted by atomic mass is 10.2. The molecular weight excluding hydrogens is 254 g/mol. The number of aryl methyl sites for hydroxylation is 1. The van der Waals surface area contributed by atoms with Crippen molar-refractivity contribution >= 4 is 15.9 Å². The first-order chi connectivity index (χ1) is 7.25. The first-order valence-corrected chi connectivity index (χ1v) is 6.17. The van der Waals surface area contributed by atoms with Gasteiger partial charge in [-0.3, -0.25) is 0 Å². The van der Waals surface area contributed by atoms with Gasteiger partial charge in [-0.15, -0.1) is 0 Å². The zero-order chi connectivity index (χ0) is 10.7. The molecule has 0 spiro atoms. The fourth-order valence-electron chi connectivity index (χ4n) is 1.43. The molecule has 1 aromatic rings. The largest absolute Gasteiger partial charge is 0.491 e. The summed E-state index contributed by atoms with van der Waals surface area (Å²) in [6.07, 6.45) is 2.66. The average molecular weight is 270 g/mol. The molecule has 0 aliphatic heterocycles. The normalized spacial score (nSPS) is 15.3. The van der Waals surface area contributed by atoms with Gasteiger partial charge in [0.05, 0.1) is 4.47 Å². The van der Waals surface area contributed by atoms with Gasteiger partial charge >= 0.3 is 0 Å². The van der Waals surface area contributed by atoms with Crippen molar-refractivity contribution < 1.29 is 4.74 Å². The van der Waals surface area contributed by atoms with Gasteiger partial charge in [0.1, 0.15) is 12.4 Å². The van der Waals surface area contributed by atoms with Gasteiger partial charge < -0.3 is 10.1 Å². The highest BCUT2D eigenvalue weighted by molar-refractivity contribution is 9.10. The van der Waals surface area contributed by atoms with Crippen molar-refractivity contribution in [3.05, 3.63) is 28.2 Å². The van der Waals surface area contributed by atoms with Gasteiger partial charge in [0, 0.05) is 12.6 Å². The van der Waals surface area contributed by atoms with Crippen LogP contribution in [-0.4, -0.2) is 19.2 Å². The molecule has 82 valence electrons. The number of rotatable bonds is 5. The van der Waals surface area contributed by atoms with Crippen LogP contribution >= 0.6 is 15.9 Å². The second-order valence-electron chi connectivity index (χ2n) is 4.01. The van der Waals surface area contributed by atoms with Crippen LogP contribution in [0.3, 0.4) is 0 Å². The molecule has 0 amide bonds. The van der Waals surface area contributed by atoms with Crippen molar-refractivity contribution in [1.82, 2.24) is 5.32 Å². The number of halogens is 1. The van der Waals surface area contributed by atoms with E-state index in [2.05, 4.69) is 40.3 Å². The Balaban J connectivity index is 1.76. The van der Waals surface area contributed by atoms with E-state index >= 15 is 0 Å². The standard InChI is InChI=1S/C12H16BrNO/c1-9-2-5-12(11(13)8-9)15-7-6-14-10-3-4-10/h2,5,8,10,14H,3-4,6-7H2,1H3. The van der Waals surface area contributed by atoms with Crippen LogP contribution in [-0.2, 0) is 0 Å². The van der Waals surface area contributed by atoms with Crippen LogP contribution in [0, 0.1) is 6.92 Å². The molecule has 2 rings (SSSR count). The monoisotopic (exact) mass is 269 g/mol. The number of nitrogens with one attached hydrogen (secondary N) is 1. The molecule has 2 nitrogen and oxygen atoms in total. The number of ether oxygens (including phenoxy) is 1. The average Bonchev–Trinajstić information content (AvgIpc) is 2.99. The molecular formula is C12H16BrNO. The second kappa shape index (κ2) is 4.99. The molecule has 0 bridgehead atoms. The Labute approximate surface area is 99.1 Å². The number of hydrogen-bond acceptors (Lipinski definition) is 2. The first kappa shape index (κ1) is 11.0. The van der Waals surface area contributed by atoms with Crippen LogP contribution in [0.1, 0.15) is 18.4 Å². The molecule has 1 N–H and O–H groups in total. The molecule has 0 unspecified atom stereocenters. The summed E-state index contributed by atoms with van der Waals surface area (Å²) >= 11 is 3.50. The molecule has 15 heavy (non-hydrogen) atoms. The maximum atomic E-state index is 5.66. The minimum atomic E-state index is 0.734. The Bertz CT molecular complexity index is 336. The molecule has 0 aromatic heterocycles. The molecule has 0 heterocycles. The van der Waals surface area contributed by atoms with E-state index in [0.717, 1.165) is 29.4 Å². The lowest BCUT2D eigenvalue weighted by Crippen LogP contribution is -2.22.